The smallest absolute Gasteiger partial charge is 0.310 e. The zero-order chi connectivity index (χ0) is 24.2. The maximum Gasteiger partial charge on any atom is 0.310 e. The highest BCUT2D eigenvalue weighted by Crippen LogP contribution is 2.31. The number of carbonyl (C=O) groups excluding carboxylic acids is 3. The van der Waals surface area contributed by atoms with E-state index in [1.807, 2.05) is 0 Å². The fourth-order valence-corrected chi connectivity index (χ4v) is 4.29. The van der Waals surface area contributed by atoms with Gasteiger partial charge in [0.05, 0.1) is 31.1 Å². The standard InChI is InChI=1S/C23H27N5O6/c1-3-34-22(32)13-6-5-9-28(12-13)23-26-19-18(21(31)27-23)16(11-17(29)25-19)20(30)24-14-7-4-8-15(10-14)33-2/h4,7-8,10,13,16H,3,5-6,9,11-12H2,1-2H3,(H,24,30)(H2,25,26,27,29,31). The average molecular weight is 469 g/mol. The third-order valence-corrected chi connectivity index (χ3v) is 5.93. The van der Waals surface area contributed by atoms with E-state index in [1.54, 1.807) is 36.1 Å². The molecule has 0 aliphatic carbocycles. The molecule has 0 saturated carbocycles. The molecule has 4 rings (SSSR count). The predicted molar refractivity (Wildman–Crippen MR) is 124 cm³/mol. The summed E-state index contributed by atoms with van der Waals surface area (Å²) in [6.45, 7) is 2.98. The number of nitrogens with zero attached hydrogens (tertiary/aromatic N) is 2. The third-order valence-electron chi connectivity index (χ3n) is 5.93. The molecule has 2 atom stereocenters. The van der Waals surface area contributed by atoms with E-state index in [-0.39, 0.29) is 35.6 Å². The molecule has 2 aliphatic heterocycles. The van der Waals surface area contributed by atoms with Gasteiger partial charge in [0, 0.05) is 31.3 Å². The number of anilines is 3. The van der Waals surface area contributed by atoms with Crippen LogP contribution in [0.1, 0.15) is 37.7 Å². The lowest BCUT2D eigenvalue weighted by Gasteiger charge is -2.32. The van der Waals surface area contributed by atoms with Gasteiger partial charge in [-0.3, -0.25) is 24.2 Å². The zero-order valence-corrected chi connectivity index (χ0v) is 19.1. The number of hydrogen-bond acceptors (Lipinski definition) is 8. The van der Waals surface area contributed by atoms with E-state index < -0.39 is 23.3 Å². The van der Waals surface area contributed by atoms with Crippen molar-refractivity contribution in [2.24, 2.45) is 5.92 Å². The normalized spacial score (nSPS) is 19.6. The van der Waals surface area contributed by atoms with Gasteiger partial charge < -0.3 is 25.0 Å². The number of ether oxygens (including phenoxy) is 2. The monoisotopic (exact) mass is 469 g/mol. The Morgan fingerprint density at radius 2 is 2.12 bits per heavy atom. The second-order valence-electron chi connectivity index (χ2n) is 8.22. The van der Waals surface area contributed by atoms with Gasteiger partial charge in [-0.1, -0.05) is 6.07 Å². The molecule has 2 unspecified atom stereocenters. The average Bonchev–Trinajstić information content (AvgIpc) is 2.83. The molecule has 3 heterocycles. The fourth-order valence-electron chi connectivity index (χ4n) is 4.29. The van der Waals surface area contributed by atoms with Crippen LogP contribution in [0.4, 0.5) is 17.5 Å². The van der Waals surface area contributed by atoms with E-state index in [9.17, 15) is 19.2 Å². The van der Waals surface area contributed by atoms with Crippen LogP contribution in [0.15, 0.2) is 29.1 Å². The summed E-state index contributed by atoms with van der Waals surface area (Å²) in [5, 5.41) is 5.36. The largest absolute Gasteiger partial charge is 0.497 e. The quantitative estimate of drug-likeness (QED) is 0.542. The van der Waals surface area contributed by atoms with E-state index in [0.29, 0.717) is 37.6 Å². The SMILES string of the molecule is CCOC(=O)C1CCCN(c2nc3c(c(=O)[nH]2)C(C(=O)Nc2cccc(OC)c2)CC(=O)N3)C1. The highest BCUT2D eigenvalue weighted by atomic mass is 16.5. The summed E-state index contributed by atoms with van der Waals surface area (Å²) >= 11 is 0. The summed E-state index contributed by atoms with van der Waals surface area (Å²) in [5.41, 5.74) is 0.0722. The Hall–Kier alpha value is -3.89. The molecule has 1 saturated heterocycles. The van der Waals surface area contributed by atoms with Crippen molar-refractivity contribution >= 4 is 35.2 Å². The van der Waals surface area contributed by atoms with E-state index in [4.69, 9.17) is 9.47 Å². The van der Waals surface area contributed by atoms with Crippen molar-refractivity contribution < 1.29 is 23.9 Å². The first-order chi connectivity index (χ1) is 16.4. The molecule has 11 heteroatoms. The lowest BCUT2D eigenvalue weighted by atomic mass is 9.92. The van der Waals surface area contributed by atoms with Crippen molar-refractivity contribution in [3.63, 3.8) is 0 Å². The molecule has 11 nitrogen and oxygen atoms in total. The summed E-state index contributed by atoms with van der Waals surface area (Å²) in [6.07, 6.45) is 1.23. The van der Waals surface area contributed by atoms with Crippen LogP contribution in [-0.2, 0) is 19.1 Å². The number of aromatic nitrogens is 2. The van der Waals surface area contributed by atoms with E-state index in [2.05, 4.69) is 20.6 Å². The first-order valence-corrected chi connectivity index (χ1v) is 11.2. The molecule has 0 bridgehead atoms. The fraction of sp³-hybridized carbons (Fsp3) is 0.435. The maximum absolute atomic E-state index is 13.1. The Labute approximate surface area is 195 Å². The second-order valence-corrected chi connectivity index (χ2v) is 8.22. The van der Waals surface area contributed by atoms with Crippen molar-refractivity contribution in [1.29, 1.82) is 0 Å². The molecule has 180 valence electrons. The van der Waals surface area contributed by atoms with Crippen LogP contribution in [0.2, 0.25) is 0 Å². The highest BCUT2D eigenvalue weighted by Gasteiger charge is 2.36. The third kappa shape index (κ3) is 4.87. The molecular weight excluding hydrogens is 442 g/mol. The molecule has 1 fully saturated rings. The topological polar surface area (TPSA) is 143 Å². The first-order valence-electron chi connectivity index (χ1n) is 11.2. The molecule has 2 aromatic rings. The first kappa shape index (κ1) is 23.3. The number of hydrogen-bond donors (Lipinski definition) is 3. The molecule has 2 amide bonds. The van der Waals surface area contributed by atoms with Gasteiger partial charge in [0.25, 0.3) is 5.56 Å². The number of carbonyl (C=O) groups is 3. The summed E-state index contributed by atoms with van der Waals surface area (Å²) in [6, 6.07) is 6.79. The maximum atomic E-state index is 13.1. The van der Waals surface area contributed by atoms with Gasteiger partial charge in [0.15, 0.2) is 0 Å². The lowest BCUT2D eigenvalue weighted by Crippen LogP contribution is -2.42. The minimum absolute atomic E-state index is 0.0547. The molecule has 2 aliphatic rings. The number of piperidine rings is 1. The molecular formula is C23H27N5O6. The Morgan fingerprint density at radius 1 is 1.29 bits per heavy atom. The van der Waals surface area contributed by atoms with Crippen molar-refractivity contribution in [1.82, 2.24) is 9.97 Å². The van der Waals surface area contributed by atoms with Crippen LogP contribution in [-0.4, -0.2) is 54.6 Å². The Balaban J connectivity index is 1.59. The van der Waals surface area contributed by atoms with Gasteiger partial charge in [-0.05, 0) is 31.9 Å². The van der Waals surface area contributed by atoms with E-state index >= 15 is 0 Å². The summed E-state index contributed by atoms with van der Waals surface area (Å²) in [4.78, 5) is 59.6. The molecule has 1 aromatic carbocycles. The minimum Gasteiger partial charge on any atom is -0.497 e. The number of esters is 1. The molecule has 3 N–H and O–H groups in total. The zero-order valence-electron chi connectivity index (χ0n) is 19.1. The Kier molecular flexibility index (Phi) is 6.80. The van der Waals surface area contributed by atoms with Gasteiger partial charge in [-0.25, -0.2) is 0 Å². The van der Waals surface area contributed by atoms with Gasteiger partial charge in [0.2, 0.25) is 17.8 Å². The number of methoxy groups -OCH3 is 1. The number of H-pyrrole nitrogens is 1. The van der Waals surface area contributed by atoms with Crippen LogP contribution in [0.3, 0.4) is 0 Å². The van der Waals surface area contributed by atoms with Gasteiger partial charge in [-0.2, -0.15) is 4.98 Å². The van der Waals surface area contributed by atoms with Crippen molar-refractivity contribution in [2.75, 3.05) is 42.3 Å². The van der Waals surface area contributed by atoms with Gasteiger partial charge in [-0.15, -0.1) is 0 Å². The van der Waals surface area contributed by atoms with Crippen molar-refractivity contribution in [3.8, 4) is 5.75 Å². The molecule has 1 aromatic heterocycles. The summed E-state index contributed by atoms with van der Waals surface area (Å²) in [7, 11) is 1.52. The number of rotatable bonds is 6. The number of amides is 2. The van der Waals surface area contributed by atoms with Crippen LogP contribution in [0.25, 0.3) is 0 Å². The lowest BCUT2D eigenvalue weighted by molar-refractivity contribution is -0.148. The van der Waals surface area contributed by atoms with Gasteiger partial charge >= 0.3 is 5.97 Å². The Morgan fingerprint density at radius 3 is 2.88 bits per heavy atom. The van der Waals surface area contributed by atoms with E-state index in [0.717, 1.165) is 6.42 Å². The second kappa shape index (κ2) is 9.94. The van der Waals surface area contributed by atoms with Crippen LogP contribution in [0, 0.1) is 5.92 Å². The highest BCUT2D eigenvalue weighted by molar-refractivity contribution is 6.04. The number of nitrogens with one attached hydrogen (secondary N) is 3. The van der Waals surface area contributed by atoms with E-state index in [1.165, 1.54) is 7.11 Å². The number of benzene rings is 1. The van der Waals surface area contributed by atoms with Crippen molar-refractivity contribution in [2.45, 2.75) is 32.1 Å². The van der Waals surface area contributed by atoms with Crippen molar-refractivity contribution in [3.05, 3.63) is 40.2 Å². The predicted octanol–water partition coefficient (Wildman–Crippen LogP) is 1.62. The van der Waals surface area contributed by atoms with Gasteiger partial charge in [0.1, 0.15) is 11.6 Å². The summed E-state index contributed by atoms with van der Waals surface area (Å²) in [5.74, 6) is -1.66. The minimum atomic E-state index is -1.01. The van der Waals surface area contributed by atoms with Crippen LogP contribution in [0.5, 0.6) is 5.75 Å². The Bertz CT molecular complexity index is 1160. The number of aromatic amines is 1. The molecule has 0 radical (unpaired) electrons. The molecule has 0 spiro atoms. The van der Waals surface area contributed by atoms with Crippen LogP contribution < -0.4 is 25.8 Å². The number of fused-ring (bicyclic) bond motifs is 1. The molecule has 34 heavy (non-hydrogen) atoms. The summed E-state index contributed by atoms with van der Waals surface area (Å²) < 4.78 is 10.3. The van der Waals surface area contributed by atoms with Crippen LogP contribution >= 0.6 is 0 Å².